The van der Waals surface area contributed by atoms with E-state index in [2.05, 4.69) is 15.4 Å². The van der Waals surface area contributed by atoms with E-state index in [4.69, 9.17) is 0 Å². The molecule has 2 heterocycles. The van der Waals surface area contributed by atoms with E-state index in [0.717, 1.165) is 41.2 Å². The number of carbonyl (C=O) groups excluding carboxylic acids is 2. The maximum atomic E-state index is 12.9. The summed E-state index contributed by atoms with van der Waals surface area (Å²) in [5, 5.41) is 7.55. The number of H-pyrrole nitrogens is 1. The minimum Gasteiger partial charge on any atom is -0.354 e. The van der Waals surface area contributed by atoms with Crippen molar-refractivity contribution in [1.29, 1.82) is 0 Å². The lowest BCUT2D eigenvalue weighted by molar-refractivity contribution is 0.0971. The highest BCUT2D eigenvalue weighted by atomic mass is 16.2. The molecule has 0 atom stereocenters. The highest BCUT2D eigenvalue weighted by Crippen LogP contribution is 2.28. The predicted octanol–water partition coefficient (Wildman–Crippen LogP) is 3.90. The number of Topliss-reactive ketones (excluding diaryl/α,β-unsaturated/α-hetero) is 1. The lowest BCUT2D eigenvalue weighted by Crippen LogP contribution is -2.15. The van der Waals surface area contributed by atoms with Crippen LogP contribution in [-0.4, -0.2) is 26.5 Å². The van der Waals surface area contributed by atoms with Gasteiger partial charge in [0.05, 0.1) is 22.8 Å². The van der Waals surface area contributed by atoms with E-state index in [-0.39, 0.29) is 11.7 Å². The zero-order chi connectivity index (χ0) is 19.1. The molecule has 2 aromatic heterocycles. The van der Waals surface area contributed by atoms with Crippen molar-refractivity contribution in [3.05, 3.63) is 64.2 Å². The molecule has 0 unspecified atom stereocenters. The molecule has 0 bridgehead atoms. The zero-order valence-corrected chi connectivity index (χ0v) is 15.7. The number of para-hydroxylation sites is 1. The number of ketones is 1. The molecule has 6 nitrogen and oxygen atoms in total. The summed E-state index contributed by atoms with van der Waals surface area (Å²) < 4.78 is 1.82. The van der Waals surface area contributed by atoms with E-state index >= 15 is 0 Å². The number of aromatic amines is 1. The number of anilines is 1. The average molecular weight is 362 g/mol. The van der Waals surface area contributed by atoms with E-state index in [0.29, 0.717) is 23.4 Å². The molecule has 6 heteroatoms. The second-order valence-electron chi connectivity index (χ2n) is 7.00. The van der Waals surface area contributed by atoms with Crippen molar-refractivity contribution in [3.8, 4) is 5.69 Å². The summed E-state index contributed by atoms with van der Waals surface area (Å²) in [6.45, 7) is 5.64. The number of nitrogens with zero attached hydrogens (tertiary/aromatic N) is 2. The fourth-order valence-electron chi connectivity index (χ4n) is 3.82. The van der Waals surface area contributed by atoms with Gasteiger partial charge in [-0.1, -0.05) is 18.2 Å². The van der Waals surface area contributed by atoms with E-state index in [1.165, 1.54) is 0 Å². The number of benzene rings is 1. The molecule has 0 spiro atoms. The van der Waals surface area contributed by atoms with Crippen LogP contribution in [0.1, 0.15) is 56.3 Å². The number of carbonyl (C=O) groups is 2. The Labute approximate surface area is 157 Å². The number of aromatic nitrogens is 3. The Morgan fingerprint density at radius 2 is 1.89 bits per heavy atom. The van der Waals surface area contributed by atoms with Crippen molar-refractivity contribution >= 4 is 17.4 Å². The molecule has 0 aliphatic heterocycles. The van der Waals surface area contributed by atoms with Crippen LogP contribution in [0.4, 0.5) is 5.69 Å². The maximum absolute atomic E-state index is 12.9. The molecule has 0 saturated carbocycles. The molecule has 0 radical (unpaired) electrons. The van der Waals surface area contributed by atoms with Crippen LogP contribution < -0.4 is 5.32 Å². The minimum absolute atomic E-state index is 0.119. The predicted molar refractivity (Wildman–Crippen MR) is 104 cm³/mol. The van der Waals surface area contributed by atoms with Crippen molar-refractivity contribution in [2.45, 2.75) is 40.0 Å². The first-order valence-corrected chi connectivity index (χ1v) is 9.15. The highest BCUT2D eigenvalue weighted by Gasteiger charge is 2.27. The fourth-order valence-corrected chi connectivity index (χ4v) is 3.82. The van der Waals surface area contributed by atoms with Gasteiger partial charge in [-0.3, -0.25) is 9.59 Å². The van der Waals surface area contributed by atoms with E-state index < -0.39 is 0 Å². The first-order valence-electron chi connectivity index (χ1n) is 9.15. The minimum atomic E-state index is -0.242. The normalized spacial score (nSPS) is 13.5. The molecule has 1 amide bonds. The Bertz CT molecular complexity index is 1040. The van der Waals surface area contributed by atoms with E-state index in [1.807, 2.05) is 55.8 Å². The summed E-state index contributed by atoms with van der Waals surface area (Å²) in [5.74, 6) is -0.123. The fraction of sp³-hybridized carbons (Fsp3) is 0.286. The SMILES string of the molecule is Cc1nn(-c2ccccc2)c(C)c1NC(=O)c1[nH]c2c(c1C)C(=O)CCC2. The zero-order valence-electron chi connectivity index (χ0n) is 15.7. The van der Waals surface area contributed by atoms with Gasteiger partial charge in [-0.25, -0.2) is 4.68 Å². The third-order valence-corrected chi connectivity index (χ3v) is 5.19. The lowest BCUT2D eigenvalue weighted by atomic mass is 9.94. The summed E-state index contributed by atoms with van der Waals surface area (Å²) >= 11 is 0. The van der Waals surface area contributed by atoms with E-state index in [9.17, 15) is 9.59 Å². The summed E-state index contributed by atoms with van der Waals surface area (Å²) in [6, 6.07) is 9.80. The van der Waals surface area contributed by atoms with Crippen LogP contribution in [0.2, 0.25) is 0 Å². The molecule has 2 N–H and O–H groups in total. The number of nitrogens with one attached hydrogen (secondary N) is 2. The van der Waals surface area contributed by atoms with Gasteiger partial charge in [0.1, 0.15) is 5.69 Å². The number of fused-ring (bicyclic) bond motifs is 1. The molecule has 4 rings (SSSR count). The molecule has 138 valence electrons. The van der Waals surface area contributed by atoms with Crippen molar-refractivity contribution in [2.75, 3.05) is 5.32 Å². The first-order chi connectivity index (χ1) is 13.0. The summed E-state index contributed by atoms with van der Waals surface area (Å²) in [6.07, 6.45) is 2.18. The number of amides is 1. The van der Waals surface area contributed by atoms with Gasteiger partial charge in [0, 0.05) is 17.7 Å². The lowest BCUT2D eigenvalue weighted by Gasteiger charge is -2.09. The molecule has 1 aromatic carbocycles. The van der Waals surface area contributed by atoms with Crippen LogP contribution in [0.15, 0.2) is 30.3 Å². The molecule has 1 aliphatic rings. The summed E-state index contributed by atoms with van der Waals surface area (Å²) in [4.78, 5) is 28.3. The number of hydrogen-bond acceptors (Lipinski definition) is 3. The van der Waals surface area contributed by atoms with E-state index in [1.54, 1.807) is 0 Å². The summed E-state index contributed by atoms with van der Waals surface area (Å²) in [7, 11) is 0. The molecular formula is C21H22N4O2. The van der Waals surface area contributed by atoms with Crippen molar-refractivity contribution in [1.82, 2.24) is 14.8 Å². The van der Waals surface area contributed by atoms with Gasteiger partial charge in [-0.05, 0) is 51.3 Å². The Morgan fingerprint density at radius 1 is 1.15 bits per heavy atom. The molecule has 0 saturated heterocycles. The number of aryl methyl sites for hydroxylation is 2. The Hall–Kier alpha value is -3.15. The monoisotopic (exact) mass is 362 g/mol. The van der Waals surface area contributed by atoms with Gasteiger partial charge in [0.15, 0.2) is 5.78 Å². The first kappa shape index (κ1) is 17.3. The van der Waals surface area contributed by atoms with Gasteiger partial charge in [0.25, 0.3) is 5.91 Å². The molecule has 3 aromatic rings. The third-order valence-electron chi connectivity index (χ3n) is 5.19. The third kappa shape index (κ3) is 2.87. The molecule has 27 heavy (non-hydrogen) atoms. The molecular weight excluding hydrogens is 340 g/mol. The Balaban J connectivity index is 1.67. The van der Waals surface area contributed by atoms with Crippen molar-refractivity contribution < 1.29 is 9.59 Å². The standard InChI is InChI=1S/C21H22N4O2/c1-12-18-16(10-7-11-17(18)26)22-19(12)21(27)23-20-13(2)24-25(14(20)3)15-8-5-4-6-9-15/h4-6,8-9,22H,7,10-11H2,1-3H3,(H,23,27). The van der Waals surface area contributed by atoms with Crippen LogP contribution in [-0.2, 0) is 6.42 Å². The van der Waals surface area contributed by atoms with Gasteiger partial charge in [-0.2, -0.15) is 5.10 Å². The largest absolute Gasteiger partial charge is 0.354 e. The number of rotatable bonds is 3. The van der Waals surface area contributed by atoms with Crippen molar-refractivity contribution in [3.63, 3.8) is 0 Å². The summed E-state index contributed by atoms with van der Waals surface area (Å²) in [5.41, 5.74) is 6.01. The topological polar surface area (TPSA) is 79.8 Å². The van der Waals surface area contributed by atoms with Crippen LogP contribution in [0.3, 0.4) is 0 Å². The number of hydrogen-bond donors (Lipinski definition) is 2. The Kier molecular flexibility index (Phi) is 4.18. The second kappa shape index (κ2) is 6.54. The molecule has 1 aliphatic carbocycles. The van der Waals surface area contributed by atoms with Gasteiger partial charge < -0.3 is 10.3 Å². The van der Waals surface area contributed by atoms with Crippen LogP contribution in [0.5, 0.6) is 0 Å². The quantitative estimate of drug-likeness (QED) is 0.742. The van der Waals surface area contributed by atoms with Crippen molar-refractivity contribution in [2.24, 2.45) is 0 Å². The van der Waals surface area contributed by atoms with Gasteiger partial charge in [-0.15, -0.1) is 0 Å². The van der Waals surface area contributed by atoms with Gasteiger partial charge >= 0.3 is 0 Å². The highest BCUT2D eigenvalue weighted by molar-refractivity contribution is 6.08. The average Bonchev–Trinajstić information content (AvgIpc) is 3.15. The van der Waals surface area contributed by atoms with Crippen LogP contribution in [0.25, 0.3) is 5.69 Å². The van der Waals surface area contributed by atoms with Gasteiger partial charge in [0.2, 0.25) is 0 Å². The van der Waals surface area contributed by atoms with Crippen LogP contribution >= 0.6 is 0 Å². The van der Waals surface area contributed by atoms with Crippen LogP contribution in [0, 0.1) is 20.8 Å². The second-order valence-corrected chi connectivity index (χ2v) is 7.00. The molecule has 0 fully saturated rings. The maximum Gasteiger partial charge on any atom is 0.272 e. The Morgan fingerprint density at radius 3 is 2.59 bits per heavy atom. The smallest absolute Gasteiger partial charge is 0.272 e.